The zero-order valence-electron chi connectivity index (χ0n) is 12.3. The second kappa shape index (κ2) is 7.49. The molecule has 0 fully saturated rings. The van der Waals surface area contributed by atoms with Crippen molar-refractivity contribution in [3.05, 3.63) is 69.8 Å². The van der Waals surface area contributed by atoms with Crippen LogP contribution in [0.3, 0.4) is 0 Å². The van der Waals surface area contributed by atoms with Crippen LogP contribution in [0.4, 0.5) is 5.69 Å². The molecule has 2 aromatic rings. The predicted octanol–water partition coefficient (Wildman–Crippen LogP) is 1.42. The van der Waals surface area contributed by atoms with Crippen LogP contribution in [0.5, 0.6) is 5.75 Å². The third kappa shape index (κ3) is 4.63. The summed E-state index contributed by atoms with van der Waals surface area (Å²) < 4.78 is 5.16. The molecule has 0 saturated heterocycles. The van der Waals surface area contributed by atoms with Crippen molar-refractivity contribution in [2.24, 2.45) is 21.7 Å². The summed E-state index contributed by atoms with van der Waals surface area (Å²) in [6.45, 7) is 0. The van der Waals surface area contributed by atoms with Gasteiger partial charge in [0, 0.05) is 12.1 Å². The molecular weight excluding hydrogens is 314 g/mol. The molecular formula is C15H13N5O4. The Labute approximate surface area is 136 Å². The maximum absolute atomic E-state index is 12.0. The molecule has 0 aliphatic rings. The van der Waals surface area contributed by atoms with Crippen molar-refractivity contribution in [3.8, 4) is 5.75 Å². The molecule has 2 aromatic carbocycles. The second-order valence-corrected chi connectivity index (χ2v) is 4.54. The molecule has 0 saturated carbocycles. The second-order valence-electron chi connectivity index (χ2n) is 4.54. The van der Waals surface area contributed by atoms with E-state index < -0.39 is 10.9 Å². The monoisotopic (exact) mass is 327 g/mol. The van der Waals surface area contributed by atoms with Gasteiger partial charge in [-0.15, -0.1) is 5.10 Å². The highest BCUT2D eigenvalue weighted by Crippen LogP contribution is 2.17. The number of nitrogens with zero attached hydrogens (tertiary/aromatic N) is 3. The Bertz CT molecular complexity index is 811. The van der Waals surface area contributed by atoms with Gasteiger partial charge < -0.3 is 16.2 Å². The molecule has 122 valence electrons. The van der Waals surface area contributed by atoms with Crippen molar-refractivity contribution in [2.45, 2.75) is 0 Å². The highest BCUT2D eigenvalue weighted by atomic mass is 16.6. The first-order chi connectivity index (χ1) is 11.5. The number of hydrogen-bond acceptors (Lipinski definition) is 6. The summed E-state index contributed by atoms with van der Waals surface area (Å²) in [4.78, 5) is 22.1. The standard InChI is InChI=1S/C15H13N5O4/c16-15(17)19-18-9-10-4-6-13(7-5-10)24-14(21)11-2-1-3-12(8-11)20(22)23/h1-9H,(H4,16,17,19)/b18-9+. The number of carbonyl (C=O) groups excluding carboxylic acids is 1. The molecule has 0 heterocycles. The highest BCUT2D eigenvalue weighted by Gasteiger charge is 2.13. The number of ether oxygens (including phenoxy) is 1. The lowest BCUT2D eigenvalue weighted by molar-refractivity contribution is -0.384. The van der Waals surface area contributed by atoms with E-state index in [9.17, 15) is 14.9 Å². The lowest BCUT2D eigenvalue weighted by atomic mass is 10.2. The maximum atomic E-state index is 12.0. The Hall–Kier alpha value is -3.75. The van der Waals surface area contributed by atoms with Crippen LogP contribution in [0, 0.1) is 10.1 Å². The fraction of sp³-hybridized carbons (Fsp3) is 0. The number of benzene rings is 2. The van der Waals surface area contributed by atoms with Gasteiger partial charge in [0.05, 0.1) is 16.7 Å². The van der Waals surface area contributed by atoms with E-state index in [1.807, 2.05) is 0 Å². The lowest BCUT2D eigenvalue weighted by Gasteiger charge is -2.04. The van der Waals surface area contributed by atoms with Crippen molar-refractivity contribution in [1.29, 1.82) is 0 Å². The van der Waals surface area contributed by atoms with Crippen LogP contribution in [0.25, 0.3) is 0 Å². The molecule has 9 nitrogen and oxygen atoms in total. The molecule has 0 amide bonds. The Morgan fingerprint density at radius 3 is 2.50 bits per heavy atom. The fourth-order valence-corrected chi connectivity index (χ4v) is 1.70. The summed E-state index contributed by atoms with van der Waals surface area (Å²) in [6, 6.07) is 11.7. The van der Waals surface area contributed by atoms with Crippen LogP contribution in [-0.2, 0) is 0 Å². The minimum atomic E-state index is -0.694. The van der Waals surface area contributed by atoms with Gasteiger partial charge in [0.25, 0.3) is 5.69 Å². The predicted molar refractivity (Wildman–Crippen MR) is 87.9 cm³/mol. The molecule has 2 rings (SSSR count). The van der Waals surface area contributed by atoms with Gasteiger partial charge in [0.1, 0.15) is 5.75 Å². The van der Waals surface area contributed by atoms with Crippen molar-refractivity contribution in [2.75, 3.05) is 0 Å². The molecule has 0 aromatic heterocycles. The molecule has 0 aliphatic carbocycles. The Morgan fingerprint density at radius 2 is 1.88 bits per heavy atom. The van der Waals surface area contributed by atoms with E-state index in [1.54, 1.807) is 24.3 Å². The van der Waals surface area contributed by atoms with Crippen LogP contribution >= 0.6 is 0 Å². The Morgan fingerprint density at radius 1 is 1.17 bits per heavy atom. The van der Waals surface area contributed by atoms with Crippen molar-refractivity contribution >= 4 is 23.8 Å². The Balaban J connectivity index is 2.07. The molecule has 0 radical (unpaired) electrons. The van der Waals surface area contributed by atoms with Crippen molar-refractivity contribution in [3.63, 3.8) is 0 Å². The number of non-ortho nitro benzene ring substituents is 1. The number of nitro benzene ring substituents is 1. The molecule has 0 aliphatic heterocycles. The van der Waals surface area contributed by atoms with Crippen LogP contribution in [0.2, 0.25) is 0 Å². The van der Waals surface area contributed by atoms with Gasteiger partial charge in [-0.3, -0.25) is 10.1 Å². The van der Waals surface area contributed by atoms with Crippen molar-refractivity contribution < 1.29 is 14.5 Å². The smallest absolute Gasteiger partial charge is 0.343 e. The molecule has 24 heavy (non-hydrogen) atoms. The third-order valence-electron chi connectivity index (χ3n) is 2.76. The maximum Gasteiger partial charge on any atom is 0.343 e. The minimum absolute atomic E-state index is 0.0857. The summed E-state index contributed by atoms with van der Waals surface area (Å²) in [5.41, 5.74) is 10.9. The first kappa shape index (κ1) is 16.6. The SMILES string of the molecule is NC(N)=N/N=C/c1ccc(OC(=O)c2cccc([N+](=O)[O-])c2)cc1. The normalized spacial score (nSPS) is 10.3. The largest absolute Gasteiger partial charge is 0.423 e. The van der Waals surface area contributed by atoms with E-state index in [1.165, 1.54) is 24.4 Å². The average Bonchev–Trinajstić information content (AvgIpc) is 2.56. The van der Waals surface area contributed by atoms with Gasteiger partial charge in [-0.1, -0.05) is 6.07 Å². The summed E-state index contributed by atoms with van der Waals surface area (Å²) in [7, 11) is 0. The number of rotatable bonds is 5. The number of guanidine groups is 1. The number of esters is 1. The van der Waals surface area contributed by atoms with E-state index in [-0.39, 0.29) is 23.0 Å². The van der Waals surface area contributed by atoms with E-state index in [0.717, 1.165) is 6.07 Å². The fourth-order valence-electron chi connectivity index (χ4n) is 1.70. The molecule has 9 heteroatoms. The van der Waals surface area contributed by atoms with Gasteiger partial charge >= 0.3 is 5.97 Å². The van der Waals surface area contributed by atoms with Crippen LogP contribution in [-0.4, -0.2) is 23.1 Å². The summed E-state index contributed by atoms with van der Waals surface area (Å²) in [6.07, 6.45) is 1.42. The molecule has 0 spiro atoms. The zero-order chi connectivity index (χ0) is 17.5. The molecule has 0 atom stereocenters. The van der Waals surface area contributed by atoms with Crippen LogP contribution in [0.1, 0.15) is 15.9 Å². The summed E-state index contributed by atoms with van der Waals surface area (Å²) in [5, 5.41) is 17.8. The Kier molecular flexibility index (Phi) is 5.19. The van der Waals surface area contributed by atoms with Gasteiger partial charge in [-0.2, -0.15) is 5.10 Å². The lowest BCUT2D eigenvalue weighted by Crippen LogP contribution is -2.21. The highest BCUT2D eigenvalue weighted by molar-refractivity contribution is 5.91. The van der Waals surface area contributed by atoms with Gasteiger partial charge in [-0.05, 0) is 35.9 Å². The number of carbonyl (C=O) groups is 1. The number of nitro groups is 1. The molecule has 4 N–H and O–H groups in total. The van der Waals surface area contributed by atoms with Gasteiger partial charge in [0.15, 0.2) is 0 Å². The number of nitrogens with two attached hydrogens (primary N) is 2. The van der Waals surface area contributed by atoms with E-state index in [0.29, 0.717) is 5.56 Å². The third-order valence-corrected chi connectivity index (χ3v) is 2.76. The number of hydrogen-bond donors (Lipinski definition) is 2. The quantitative estimate of drug-likeness (QED) is 0.212. The van der Waals surface area contributed by atoms with E-state index >= 15 is 0 Å². The van der Waals surface area contributed by atoms with Gasteiger partial charge in [0.2, 0.25) is 5.96 Å². The van der Waals surface area contributed by atoms with Crippen molar-refractivity contribution in [1.82, 2.24) is 0 Å². The van der Waals surface area contributed by atoms with Gasteiger partial charge in [-0.25, -0.2) is 4.79 Å². The minimum Gasteiger partial charge on any atom is -0.423 e. The molecule has 0 bridgehead atoms. The van der Waals surface area contributed by atoms with E-state index in [4.69, 9.17) is 16.2 Å². The topological polar surface area (TPSA) is 146 Å². The van der Waals surface area contributed by atoms with Crippen LogP contribution < -0.4 is 16.2 Å². The van der Waals surface area contributed by atoms with E-state index in [2.05, 4.69) is 10.2 Å². The van der Waals surface area contributed by atoms with Crippen LogP contribution in [0.15, 0.2) is 58.7 Å². The average molecular weight is 327 g/mol. The zero-order valence-corrected chi connectivity index (χ0v) is 12.3. The summed E-state index contributed by atoms with van der Waals surface area (Å²) >= 11 is 0. The first-order valence-electron chi connectivity index (χ1n) is 6.64. The molecule has 0 unspecified atom stereocenters. The first-order valence-corrected chi connectivity index (χ1v) is 6.64. The summed E-state index contributed by atoms with van der Waals surface area (Å²) in [5.74, 6) is -0.570.